The van der Waals surface area contributed by atoms with Gasteiger partial charge in [-0.05, 0) is 18.6 Å². The van der Waals surface area contributed by atoms with Gasteiger partial charge in [0.2, 0.25) is 0 Å². The molecule has 0 spiro atoms. The van der Waals surface area contributed by atoms with Gasteiger partial charge in [-0.1, -0.05) is 19.1 Å². The maximum atomic E-state index is 12.3. The predicted octanol–water partition coefficient (Wildman–Crippen LogP) is 3.94. The molecule has 0 amide bonds. The van der Waals surface area contributed by atoms with Gasteiger partial charge in [0.15, 0.2) is 0 Å². The Hall–Kier alpha value is -1.52. The number of hydrogen-bond acceptors (Lipinski definition) is 1. The number of fused-ring (bicyclic) bond motifs is 1. The second-order valence-corrected chi connectivity index (χ2v) is 4.28. The maximum absolute atomic E-state index is 12.3. The number of nitrogens with zero attached hydrogens (tertiary/aromatic N) is 2. The summed E-state index contributed by atoms with van der Waals surface area (Å²) in [6.07, 6.45) is -3.37. The first-order valence-electron chi connectivity index (χ1n) is 6.02. The van der Waals surface area contributed by atoms with E-state index in [1.165, 1.54) is 0 Å². The third-order valence-electron chi connectivity index (χ3n) is 2.83. The highest BCUT2D eigenvalue weighted by Crippen LogP contribution is 2.23. The van der Waals surface area contributed by atoms with Crippen LogP contribution in [0.15, 0.2) is 24.3 Å². The summed E-state index contributed by atoms with van der Waals surface area (Å²) in [6, 6.07) is 7.32. The van der Waals surface area contributed by atoms with E-state index in [0.717, 1.165) is 23.3 Å². The number of hydrogen-bond donors (Lipinski definition) is 0. The lowest BCUT2D eigenvalue weighted by Crippen LogP contribution is -2.14. The quantitative estimate of drug-likeness (QED) is 0.810. The molecule has 0 saturated heterocycles. The summed E-state index contributed by atoms with van der Waals surface area (Å²) >= 11 is 0. The molecular weight excluding hydrogens is 241 g/mol. The fourth-order valence-electron chi connectivity index (χ4n) is 2.03. The van der Waals surface area contributed by atoms with E-state index in [-0.39, 0.29) is 6.54 Å². The molecule has 1 heterocycles. The molecule has 0 N–H and O–H groups in total. The average Bonchev–Trinajstić information content (AvgIpc) is 2.63. The molecule has 0 bridgehead atoms. The zero-order chi connectivity index (χ0) is 13.2. The summed E-state index contributed by atoms with van der Waals surface area (Å²) in [4.78, 5) is 4.40. The molecule has 0 unspecified atom stereocenters. The zero-order valence-corrected chi connectivity index (χ0v) is 10.2. The minimum Gasteiger partial charge on any atom is -0.328 e. The van der Waals surface area contributed by atoms with Crippen LogP contribution >= 0.6 is 0 Å². The van der Waals surface area contributed by atoms with E-state index in [1.807, 2.05) is 31.2 Å². The summed E-state index contributed by atoms with van der Waals surface area (Å²) < 4.78 is 38.7. The van der Waals surface area contributed by atoms with Gasteiger partial charge in [-0.2, -0.15) is 13.2 Å². The highest BCUT2D eigenvalue weighted by atomic mass is 19.4. The van der Waals surface area contributed by atoms with Crippen LogP contribution in [0.4, 0.5) is 13.2 Å². The van der Waals surface area contributed by atoms with Gasteiger partial charge in [0.1, 0.15) is 5.82 Å². The molecule has 0 saturated carbocycles. The van der Waals surface area contributed by atoms with Crippen LogP contribution in [0.1, 0.15) is 25.6 Å². The summed E-state index contributed by atoms with van der Waals surface area (Å²) in [7, 11) is 0. The molecule has 2 nitrogen and oxygen atoms in total. The smallest absolute Gasteiger partial charge is 0.328 e. The van der Waals surface area contributed by atoms with Crippen LogP contribution < -0.4 is 0 Å². The second kappa shape index (κ2) is 5.00. The molecule has 98 valence electrons. The molecule has 0 radical (unpaired) electrons. The minimum absolute atomic E-state index is 0.0562. The van der Waals surface area contributed by atoms with Crippen molar-refractivity contribution >= 4 is 11.0 Å². The molecule has 0 atom stereocenters. The van der Waals surface area contributed by atoms with Crippen molar-refractivity contribution in [3.8, 4) is 0 Å². The Kier molecular flexibility index (Phi) is 3.59. The van der Waals surface area contributed by atoms with Crippen molar-refractivity contribution in [1.29, 1.82) is 0 Å². The van der Waals surface area contributed by atoms with Gasteiger partial charge in [-0.3, -0.25) is 0 Å². The molecule has 18 heavy (non-hydrogen) atoms. The maximum Gasteiger partial charge on any atom is 0.390 e. The van der Waals surface area contributed by atoms with Gasteiger partial charge in [0.25, 0.3) is 0 Å². The number of benzene rings is 1. The first kappa shape index (κ1) is 12.9. The fourth-order valence-corrected chi connectivity index (χ4v) is 2.03. The van der Waals surface area contributed by atoms with Gasteiger partial charge in [0.05, 0.1) is 17.5 Å². The SMILES string of the molecule is CCCc1nc2ccccc2n1CCC(F)(F)F. The van der Waals surface area contributed by atoms with Gasteiger partial charge in [-0.15, -0.1) is 0 Å². The molecule has 0 aliphatic rings. The number of alkyl halides is 3. The Bertz CT molecular complexity index is 529. The molecular formula is C13H15F3N2. The molecule has 2 aromatic rings. The van der Waals surface area contributed by atoms with Crippen molar-refractivity contribution in [2.24, 2.45) is 0 Å². The Labute approximate surface area is 103 Å². The Morgan fingerprint density at radius 2 is 1.94 bits per heavy atom. The first-order valence-corrected chi connectivity index (χ1v) is 6.02. The van der Waals surface area contributed by atoms with Crippen LogP contribution in [-0.2, 0) is 13.0 Å². The van der Waals surface area contributed by atoms with Gasteiger partial charge in [-0.25, -0.2) is 4.98 Å². The topological polar surface area (TPSA) is 17.8 Å². The number of para-hydroxylation sites is 2. The highest BCUT2D eigenvalue weighted by molar-refractivity contribution is 5.75. The first-order chi connectivity index (χ1) is 8.51. The van der Waals surface area contributed by atoms with Crippen LogP contribution in [0.3, 0.4) is 0 Å². The van der Waals surface area contributed by atoms with Crippen molar-refractivity contribution in [1.82, 2.24) is 9.55 Å². The Balaban J connectivity index is 2.35. The molecule has 2 rings (SSSR count). The fraction of sp³-hybridized carbons (Fsp3) is 0.462. The van der Waals surface area contributed by atoms with Crippen molar-refractivity contribution in [3.05, 3.63) is 30.1 Å². The van der Waals surface area contributed by atoms with E-state index in [1.54, 1.807) is 4.57 Å². The normalized spacial score (nSPS) is 12.2. The van der Waals surface area contributed by atoms with Gasteiger partial charge >= 0.3 is 6.18 Å². The molecule has 0 aliphatic heterocycles. The van der Waals surface area contributed by atoms with Gasteiger partial charge < -0.3 is 4.57 Å². The largest absolute Gasteiger partial charge is 0.390 e. The third kappa shape index (κ3) is 2.83. The summed E-state index contributed by atoms with van der Waals surface area (Å²) in [6.45, 7) is 1.94. The molecule has 1 aromatic carbocycles. The number of aromatic nitrogens is 2. The number of aryl methyl sites for hydroxylation is 2. The van der Waals surface area contributed by atoms with E-state index in [0.29, 0.717) is 6.42 Å². The van der Waals surface area contributed by atoms with E-state index in [4.69, 9.17) is 0 Å². The van der Waals surface area contributed by atoms with Crippen LogP contribution in [0, 0.1) is 0 Å². The lowest BCUT2D eigenvalue weighted by Gasteiger charge is -2.10. The van der Waals surface area contributed by atoms with Crippen molar-refractivity contribution in [3.63, 3.8) is 0 Å². The zero-order valence-electron chi connectivity index (χ0n) is 10.2. The molecule has 0 fully saturated rings. The van der Waals surface area contributed by atoms with Crippen molar-refractivity contribution in [2.75, 3.05) is 0 Å². The molecule has 0 aliphatic carbocycles. The van der Waals surface area contributed by atoms with Crippen molar-refractivity contribution < 1.29 is 13.2 Å². The number of imidazole rings is 1. The average molecular weight is 256 g/mol. The van der Waals surface area contributed by atoms with Gasteiger partial charge in [0, 0.05) is 13.0 Å². The van der Waals surface area contributed by atoms with E-state index < -0.39 is 12.6 Å². The monoisotopic (exact) mass is 256 g/mol. The Morgan fingerprint density at radius 1 is 1.22 bits per heavy atom. The minimum atomic E-state index is -4.13. The summed E-state index contributed by atoms with van der Waals surface area (Å²) in [5, 5.41) is 0. The lowest BCUT2D eigenvalue weighted by molar-refractivity contribution is -0.136. The van der Waals surface area contributed by atoms with E-state index >= 15 is 0 Å². The van der Waals surface area contributed by atoms with Crippen LogP contribution in [-0.4, -0.2) is 15.7 Å². The standard InChI is InChI=1S/C13H15F3N2/c1-2-5-12-17-10-6-3-4-7-11(10)18(12)9-8-13(14,15)16/h3-4,6-7H,2,5,8-9H2,1H3. The highest BCUT2D eigenvalue weighted by Gasteiger charge is 2.27. The van der Waals surface area contributed by atoms with E-state index in [2.05, 4.69) is 4.98 Å². The van der Waals surface area contributed by atoms with Crippen LogP contribution in [0.2, 0.25) is 0 Å². The summed E-state index contributed by atoms with van der Waals surface area (Å²) in [5.74, 6) is 0.739. The van der Waals surface area contributed by atoms with Crippen LogP contribution in [0.5, 0.6) is 0 Å². The predicted molar refractivity (Wildman–Crippen MR) is 64.4 cm³/mol. The number of rotatable bonds is 4. The summed E-state index contributed by atoms with van der Waals surface area (Å²) in [5.41, 5.74) is 1.55. The Morgan fingerprint density at radius 3 is 2.61 bits per heavy atom. The number of halogens is 3. The van der Waals surface area contributed by atoms with Crippen LogP contribution in [0.25, 0.3) is 11.0 Å². The lowest BCUT2D eigenvalue weighted by atomic mass is 10.3. The van der Waals surface area contributed by atoms with E-state index in [9.17, 15) is 13.2 Å². The van der Waals surface area contributed by atoms with Crippen molar-refractivity contribution in [2.45, 2.75) is 38.9 Å². The molecule has 5 heteroatoms. The second-order valence-electron chi connectivity index (χ2n) is 4.28. The molecule has 1 aromatic heterocycles. The third-order valence-corrected chi connectivity index (χ3v) is 2.83.